The molecule has 1 aromatic rings. The van der Waals surface area contributed by atoms with Crippen molar-refractivity contribution in [3.63, 3.8) is 0 Å². The minimum absolute atomic E-state index is 0.402. The van der Waals surface area contributed by atoms with Crippen molar-refractivity contribution in [2.75, 3.05) is 20.2 Å². The summed E-state index contributed by atoms with van der Waals surface area (Å²) in [5, 5.41) is 3.87. The topological polar surface area (TPSA) is 24.5 Å². The van der Waals surface area contributed by atoms with Gasteiger partial charge in [-0.05, 0) is 51.3 Å². The molecule has 1 aliphatic heterocycles. The zero-order valence-corrected chi connectivity index (χ0v) is 13.3. The maximum Gasteiger partial charge on any atom is 0.123 e. The second-order valence-corrected chi connectivity index (χ2v) is 6.41. The van der Waals surface area contributed by atoms with Crippen LogP contribution in [0.15, 0.2) is 24.3 Å². The van der Waals surface area contributed by atoms with E-state index in [1.54, 1.807) is 7.11 Å². The molecule has 1 heterocycles. The maximum atomic E-state index is 5.53. The van der Waals surface area contributed by atoms with Crippen LogP contribution in [0.2, 0.25) is 0 Å². The van der Waals surface area contributed by atoms with Crippen molar-refractivity contribution in [2.24, 2.45) is 0 Å². The molecule has 3 heteroatoms. The molecule has 0 spiro atoms. The molecule has 1 N–H and O–H groups in total. The van der Waals surface area contributed by atoms with Gasteiger partial charge in [-0.25, -0.2) is 0 Å². The van der Waals surface area contributed by atoms with Crippen LogP contribution < -0.4 is 10.1 Å². The lowest BCUT2D eigenvalue weighted by Gasteiger charge is -2.35. The summed E-state index contributed by atoms with van der Waals surface area (Å²) < 4.78 is 5.53. The van der Waals surface area contributed by atoms with Gasteiger partial charge in [0.25, 0.3) is 0 Å². The number of ether oxygens (including phenoxy) is 1. The predicted molar refractivity (Wildman–Crippen MR) is 86.8 cm³/mol. The van der Waals surface area contributed by atoms with Crippen LogP contribution in [0.25, 0.3) is 0 Å². The Balaban J connectivity index is 1.59. The number of nitrogens with zero attached hydrogens (tertiary/aromatic N) is 1. The van der Waals surface area contributed by atoms with E-state index < -0.39 is 0 Å². The number of likely N-dealkylation sites (tertiary alicyclic amines) is 1. The average molecular weight is 288 g/mol. The number of nitrogens with one attached hydrogen (secondary N) is 1. The van der Waals surface area contributed by atoms with Crippen molar-refractivity contribution >= 4 is 0 Å². The fourth-order valence-corrected chi connectivity index (χ4v) is 3.54. The first-order valence-electron chi connectivity index (χ1n) is 8.44. The van der Waals surface area contributed by atoms with Gasteiger partial charge in [0.05, 0.1) is 7.11 Å². The van der Waals surface area contributed by atoms with E-state index in [9.17, 15) is 0 Å². The monoisotopic (exact) mass is 288 g/mol. The molecule has 21 heavy (non-hydrogen) atoms. The smallest absolute Gasteiger partial charge is 0.123 e. The van der Waals surface area contributed by atoms with E-state index in [2.05, 4.69) is 35.3 Å². The van der Waals surface area contributed by atoms with Crippen LogP contribution in [-0.2, 0) is 0 Å². The lowest BCUT2D eigenvalue weighted by molar-refractivity contribution is 0.182. The molecular weight excluding hydrogens is 260 g/mol. The van der Waals surface area contributed by atoms with E-state index in [4.69, 9.17) is 4.74 Å². The van der Waals surface area contributed by atoms with Crippen molar-refractivity contribution in [3.05, 3.63) is 29.8 Å². The molecular formula is C18H28N2O. The first kappa shape index (κ1) is 14.9. The summed E-state index contributed by atoms with van der Waals surface area (Å²) in [5.41, 5.74) is 1.30. The van der Waals surface area contributed by atoms with Crippen LogP contribution in [0, 0.1) is 0 Å². The number of benzene rings is 1. The molecule has 0 aromatic heterocycles. The summed E-state index contributed by atoms with van der Waals surface area (Å²) in [6, 6.07) is 10.4. The number of piperidine rings is 1. The normalized spacial score (nSPS) is 22.2. The SMILES string of the molecule is CCC(NC1CCN(C2CC2)CC1)c1ccccc1OC. The highest BCUT2D eigenvalue weighted by atomic mass is 16.5. The fraction of sp³-hybridized carbons (Fsp3) is 0.667. The molecule has 3 rings (SSSR count). The molecule has 1 unspecified atom stereocenters. The van der Waals surface area contributed by atoms with Crippen LogP contribution in [0.1, 0.15) is 50.6 Å². The van der Waals surface area contributed by atoms with E-state index in [1.807, 2.05) is 6.07 Å². The van der Waals surface area contributed by atoms with Crippen molar-refractivity contribution in [3.8, 4) is 5.75 Å². The van der Waals surface area contributed by atoms with E-state index in [-0.39, 0.29) is 0 Å². The van der Waals surface area contributed by atoms with Crippen LogP contribution >= 0.6 is 0 Å². The van der Waals surface area contributed by atoms with Crippen molar-refractivity contribution in [2.45, 2.75) is 57.2 Å². The van der Waals surface area contributed by atoms with Crippen LogP contribution in [0.3, 0.4) is 0 Å². The second-order valence-electron chi connectivity index (χ2n) is 6.41. The minimum atomic E-state index is 0.402. The van der Waals surface area contributed by atoms with E-state index in [1.165, 1.54) is 44.3 Å². The lowest BCUT2D eigenvalue weighted by Crippen LogP contribution is -2.44. The average Bonchev–Trinajstić information content (AvgIpc) is 3.38. The van der Waals surface area contributed by atoms with Crippen molar-refractivity contribution in [1.29, 1.82) is 0 Å². The second kappa shape index (κ2) is 6.80. The van der Waals surface area contributed by atoms with Crippen molar-refractivity contribution < 1.29 is 4.74 Å². The maximum absolute atomic E-state index is 5.53. The summed E-state index contributed by atoms with van der Waals surface area (Å²) in [5.74, 6) is 1.01. The Morgan fingerprint density at radius 1 is 1.19 bits per heavy atom. The highest BCUT2D eigenvalue weighted by Crippen LogP contribution is 2.31. The third-order valence-electron chi connectivity index (χ3n) is 4.95. The van der Waals surface area contributed by atoms with Gasteiger partial charge in [0, 0.05) is 23.7 Å². The summed E-state index contributed by atoms with van der Waals surface area (Å²) in [6.07, 6.45) is 6.52. The Kier molecular flexibility index (Phi) is 4.81. The molecule has 1 aliphatic carbocycles. The minimum Gasteiger partial charge on any atom is -0.496 e. The molecule has 1 saturated heterocycles. The van der Waals surface area contributed by atoms with Gasteiger partial charge in [0.2, 0.25) is 0 Å². The zero-order valence-electron chi connectivity index (χ0n) is 13.3. The lowest BCUT2D eigenvalue weighted by atomic mass is 9.98. The molecule has 2 aliphatic rings. The number of para-hydroxylation sites is 1. The first-order valence-corrected chi connectivity index (χ1v) is 8.44. The van der Waals surface area contributed by atoms with E-state index in [0.29, 0.717) is 12.1 Å². The van der Waals surface area contributed by atoms with Crippen LogP contribution in [0.5, 0.6) is 5.75 Å². The van der Waals surface area contributed by atoms with Crippen molar-refractivity contribution in [1.82, 2.24) is 10.2 Å². The third kappa shape index (κ3) is 3.58. The molecule has 1 saturated carbocycles. The Morgan fingerprint density at radius 3 is 2.52 bits per heavy atom. The van der Waals surface area contributed by atoms with E-state index in [0.717, 1.165) is 18.2 Å². The van der Waals surface area contributed by atoms with Crippen LogP contribution in [-0.4, -0.2) is 37.2 Å². The van der Waals surface area contributed by atoms with Gasteiger partial charge >= 0.3 is 0 Å². The van der Waals surface area contributed by atoms with Gasteiger partial charge in [-0.2, -0.15) is 0 Å². The Hall–Kier alpha value is -1.06. The molecule has 1 atom stereocenters. The standard InChI is InChI=1S/C18H28N2O/c1-3-17(16-6-4-5-7-18(16)21-2)19-14-10-12-20(13-11-14)15-8-9-15/h4-7,14-15,17,19H,3,8-13H2,1-2H3. The Labute approximate surface area is 128 Å². The van der Waals surface area contributed by atoms with E-state index >= 15 is 0 Å². The summed E-state index contributed by atoms with van der Waals surface area (Å²) >= 11 is 0. The highest BCUT2D eigenvalue weighted by Gasteiger charge is 2.32. The molecule has 2 fully saturated rings. The zero-order chi connectivity index (χ0) is 14.7. The molecule has 116 valence electrons. The number of methoxy groups -OCH3 is 1. The largest absolute Gasteiger partial charge is 0.496 e. The molecule has 0 bridgehead atoms. The van der Waals surface area contributed by atoms with Gasteiger partial charge in [-0.1, -0.05) is 25.1 Å². The Morgan fingerprint density at radius 2 is 1.90 bits per heavy atom. The number of hydrogen-bond acceptors (Lipinski definition) is 3. The van der Waals surface area contributed by atoms with Gasteiger partial charge in [0.15, 0.2) is 0 Å². The molecule has 1 aromatic carbocycles. The summed E-state index contributed by atoms with van der Waals surface area (Å²) in [6.45, 7) is 4.79. The Bertz CT molecular complexity index is 450. The fourth-order valence-electron chi connectivity index (χ4n) is 3.54. The number of hydrogen-bond donors (Lipinski definition) is 1. The molecule has 3 nitrogen and oxygen atoms in total. The first-order chi connectivity index (χ1) is 10.3. The highest BCUT2D eigenvalue weighted by molar-refractivity contribution is 5.35. The summed E-state index contributed by atoms with van der Waals surface area (Å²) in [7, 11) is 1.76. The number of rotatable bonds is 6. The molecule has 0 radical (unpaired) electrons. The third-order valence-corrected chi connectivity index (χ3v) is 4.95. The molecule has 0 amide bonds. The van der Waals surface area contributed by atoms with Gasteiger partial charge in [0.1, 0.15) is 5.75 Å². The van der Waals surface area contributed by atoms with Gasteiger partial charge in [-0.15, -0.1) is 0 Å². The summed E-state index contributed by atoms with van der Waals surface area (Å²) in [4.78, 5) is 2.68. The van der Waals surface area contributed by atoms with Gasteiger partial charge < -0.3 is 15.0 Å². The van der Waals surface area contributed by atoms with Crippen LogP contribution in [0.4, 0.5) is 0 Å². The van der Waals surface area contributed by atoms with Gasteiger partial charge in [-0.3, -0.25) is 0 Å². The predicted octanol–water partition coefficient (Wildman–Crippen LogP) is 3.36. The quantitative estimate of drug-likeness (QED) is 0.868.